The van der Waals surface area contributed by atoms with Gasteiger partial charge in [-0.3, -0.25) is 14.5 Å². The molecule has 0 unspecified atom stereocenters. The minimum Gasteiger partial charge on any atom is -0.478 e. The number of carboxylic acid groups (broad SMARTS) is 1. The number of hydrogen-bond acceptors (Lipinski definition) is 5. The van der Waals surface area contributed by atoms with Gasteiger partial charge in [0, 0.05) is 13.2 Å². The summed E-state index contributed by atoms with van der Waals surface area (Å²) < 4.78 is 1.50. The van der Waals surface area contributed by atoms with Crippen LogP contribution in [0, 0.1) is 0 Å². The lowest BCUT2D eigenvalue weighted by Gasteiger charge is -2.04. The summed E-state index contributed by atoms with van der Waals surface area (Å²) in [6.07, 6.45) is 2.87. The molecule has 8 nitrogen and oxygen atoms in total. The third-order valence-corrected chi connectivity index (χ3v) is 2.31. The zero-order valence-corrected chi connectivity index (χ0v) is 10.1. The monoisotopic (exact) mass is 261 g/mol. The molecular formula is C11H11N5O3. The first kappa shape index (κ1) is 12.7. The average Bonchev–Trinajstić information content (AvgIpc) is 2.81. The van der Waals surface area contributed by atoms with Crippen LogP contribution in [0.5, 0.6) is 0 Å². The Hall–Kier alpha value is -2.77. The quantitative estimate of drug-likeness (QED) is 0.791. The van der Waals surface area contributed by atoms with Crippen LogP contribution >= 0.6 is 0 Å². The van der Waals surface area contributed by atoms with E-state index in [2.05, 4.69) is 20.4 Å². The summed E-state index contributed by atoms with van der Waals surface area (Å²) in [7, 11) is 1.71. The zero-order chi connectivity index (χ0) is 13.8. The number of aromatic carboxylic acids is 1. The fraction of sp³-hybridized carbons (Fsp3) is 0.182. The highest BCUT2D eigenvalue weighted by atomic mass is 16.4. The van der Waals surface area contributed by atoms with Crippen molar-refractivity contribution in [2.24, 2.45) is 7.05 Å². The first-order valence-electron chi connectivity index (χ1n) is 5.39. The second kappa shape index (κ2) is 5.25. The van der Waals surface area contributed by atoms with Gasteiger partial charge in [0.1, 0.15) is 12.0 Å². The number of carbonyl (C=O) groups is 2. The molecular weight excluding hydrogens is 250 g/mol. The smallest absolute Gasteiger partial charge is 0.338 e. The van der Waals surface area contributed by atoms with Crippen molar-refractivity contribution in [3.05, 3.63) is 41.7 Å². The number of carboxylic acids is 1. The van der Waals surface area contributed by atoms with Gasteiger partial charge in [-0.25, -0.2) is 9.78 Å². The normalized spacial score (nSPS) is 10.2. The molecule has 8 heteroatoms. The molecule has 0 atom stereocenters. The maximum absolute atomic E-state index is 11.9. The predicted molar refractivity (Wildman–Crippen MR) is 63.4 cm³/mol. The van der Waals surface area contributed by atoms with Crippen LogP contribution in [0.2, 0.25) is 0 Å². The third kappa shape index (κ3) is 2.92. The number of aryl methyl sites for hydroxylation is 1. The lowest BCUT2D eigenvalue weighted by atomic mass is 10.2. The number of nitrogens with one attached hydrogen (secondary N) is 1. The molecule has 0 radical (unpaired) electrons. The molecule has 0 aliphatic heterocycles. The van der Waals surface area contributed by atoms with Crippen LogP contribution in [0.15, 0.2) is 24.7 Å². The van der Waals surface area contributed by atoms with Gasteiger partial charge in [-0.05, 0) is 12.1 Å². The Kier molecular flexibility index (Phi) is 3.51. The Morgan fingerprint density at radius 3 is 2.84 bits per heavy atom. The predicted octanol–water partition coefficient (Wildman–Crippen LogP) is -0.162. The van der Waals surface area contributed by atoms with Gasteiger partial charge >= 0.3 is 5.97 Å². The first-order valence-corrected chi connectivity index (χ1v) is 5.39. The number of pyridine rings is 1. The maximum atomic E-state index is 11.9. The van der Waals surface area contributed by atoms with E-state index < -0.39 is 11.9 Å². The van der Waals surface area contributed by atoms with E-state index in [4.69, 9.17) is 5.11 Å². The first-order chi connectivity index (χ1) is 9.08. The molecule has 2 heterocycles. The summed E-state index contributed by atoms with van der Waals surface area (Å²) in [4.78, 5) is 30.5. The highest BCUT2D eigenvalue weighted by Gasteiger charge is 2.17. The van der Waals surface area contributed by atoms with Crippen molar-refractivity contribution < 1.29 is 14.7 Å². The van der Waals surface area contributed by atoms with Crippen molar-refractivity contribution in [3.63, 3.8) is 0 Å². The van der Waals surface area contributed by atoms with Crippen molar-refractivity contribution in [1.29, 1.82) is 0 Å². The van der Waals surface area contributed by atoms with E-state index in [0.29, 0.717) is 5.82 Å². The van der Waals surface area contributed by atoms with Crippen LogP contribution in [0.3, 0.4) is 0 Å². The van der Waals surface area contributed by atoms with Gasteiger partial charge < -0.3 is 10.4 Å². The molecule has 2 N–H and O–H groups in total. The van der Waals surface area contributed by atoms with E-state index in [1.807, 2.05) is 0 Å². The summed E-state index contributed by atoms with van der Waals surface area (Å²) >= 11 is 0. The van der Waals surface area contributed by atoms with E-state index in [0.717, 1.165) is 0 Å². The standard InChI is InChI=1S/C11H11N5O3/c1-16-6-14-8(15-16)5-13-10(17)9-7(11(18)19)3-2-4-12-9/h2-4,6H,5H2,1H3,(H,13,17)(H,18,19). The highest BCUT2D eigenvalue weighted by molar-refractivity contribution is 6.03. The Balaban J connectivity index is 2.10. The molecule has 0 aromatic carbocycles. The van der Waals surface area contributed by atoms with Gasteiger partial charge in [0.25, 0.3) is 5.91 Å². The van der Waals surface area contributed by atoms with Crippen molar-refractivity contribution >= 4 is 11.9 Å². The molecule has 1 amide bonds. The second-order valence-electron chi connectivity index (χ2n) is 3.72. The van der Waals surface area contributed by atoms with Gasteiger partial charge in [-0.15, -0.1) is 0 Å². The molecule has 2 aromatic rings. The second-order valence-corrected chi connectivity index (χ2v) is 3.72. The molecule has 0 aliphatic carbocycles. The van der Waals surface area contributed by atoms with Crippen molar-refractivity contribution in [1.82, 2.24) is 25.1 Å². The molecule has 98 valence electrons. The van der Waals surface area contributed by atoms with E-state index in [9.17, 15) is 9.59 Å². The summed E-state index contributed by atoms with van der Waals surface area (Å²) in [5.41, 5.74) is -0.278. The molecule has 2 rings (SSSR count). The number of aromatic nitrogens is 4. The van der Waals surface area contributed by atoms with E-state index in [1.54, 1.807) is 7.05 Å². The fourth-order valence-corrected chi connectivity index (χ4v) is 1.47. The van der Waals surface area contributed by atoms with Crippen LogP contribution in [-0.4, -0.2) is 36.7 Å². The topological polar surface area (TPSA) is 110 Å². The molecule has 0 fully saturated rings. The number of nitrogens with zero attached hydrogens (tertiary/aromatic N) is 4. The molecule has 0 saturated carbocycles. The summed E-state index contributed by atoms with van der Waals surface area (Å²) in [6, 6.07) is 2.78. The number of rotatable bonds is 4. The van der Waals surface area contributed by atoms with Gasteiger partial charge in [-0.2, -0.15) is 5.10 Å². The minimum atomic E-state index is -1.20. The molecule has 0 spiro atoms. The Labute approximate surface area is 108 Å². The molecule has 0 aliphatic rings. The lowest BCUT2D eigenvalue weighted by molar-refractivity contribution is 0.0690. The van der Waals surface area contributed by atoms with Gasteiger partial charge in [0.05, 0.1) is 12.1 Å². The summed E-state index contributed by atoms with van der Waals surface area (Å²) in [5.74, 6) is -1.34. The SMILES string of the molecule is Cn1cnc(CNC(=O)c2ncccc2C(=O)O)n1. The Bertz CT molecular complexity index is 622. The summed E-state index contributed by atoms with van der Waals surface area (Å²) in [5, 5.41) is 15.5. The molecule has 19 heavy (non-hydrogen) atoms. The molecule has 0 saturated heterocycles. The summed E-state index contributed by atoms with van der Waals surface area (Å²) in [6.45, 7) is 0.106. The van der Waals surface area contributed by atoms with Crippen LogP contribution in [0.4, 0.5) is 0 Å². The number of carbonyl (C=O) groups excluding carboxylic acids is 1. The van der Waals surface area contributed by atoms with Crippen molar-refractivity contribution in [2.75, 3.05) is 0 Å². The van der Waals surface area contributed by atoms with Crippen molar-refractivity contribution in [2.45, 2.75) is 6.54 Å². The van der Waals surface area contributed by atoms with E-state index >= 15 is 0 Å². The maximum Gasteiger partial charge on any atom is 0.338 e. The highest BCUT2D eigenvalue weighted by Crippen LogP contribution is 2.05. The van der Waals surface area contributed by atoms with Crippen LogP contribution < -0.4 is 5.32 Å². The zero-order valence-electron chi connectivity index (χ0n) is 10.1. The lowest BCUT2D eigenvalue weighted by Crippen LogP contribution is -2.26. The number of hydrogen-bond donors (Lipinski definition) is 2. The van der Waals surface area contributed by atoms with Crippen LogP contribution in [0.1, 0.15) is 26.7 Å². The Morgan fingerprint density at radius 1 is 1.42 bits per heavy atom. The molecule has 2 aromatic heterocycles. The van der Waals surface area contributed by atoms with Crippen LogP contribution in [-0.2, 0) is 13.6 Å². The third-order valence-electron chi connectivity index (χ3n) is 2.31. The van der Waals surface area contributed by atoms with Crippen LogP contribution in [0.25, 0.3) is 0 Å². The van der Waals surface area contributed by atoms with Crippen molar-refractivity contribution in [3.8, 4) is 0 Å². The van der Waals surface area contributed by atoms with E-state index in [-0.39, 0.29) is 17.8 Å². The van der Waals surface area contributed by atoms with E-state index in [1.165, 1.54) is 29.3 Å². The largest absolute Gasteiger partial charge is 0.478 e. The minimum absolute atomic E-state index is 0.106. The van der Waals surface area contributed by atoms with Gasteiger partial charge in [-0.1, -0.05) is 0 Å². The van der Waals surface area contributed by atoms with Gasteiger partial charge in [0.15, 0.2) is 5.82 Å². The van der Waals surface area contributed by atoms with Gasteiger partial charge in [0.2, 0.25) is 0 Å². The number of amides is 1. The Morgan fingerprint density at radius 2 is 2.21 bits per heavy atom. The average molecular weight is 261 g/mol. The molecule has 0 bridgehead atoms. The fourth-order valence-electron chi connectivity index (χ4n) is 1.47.